The van der Waals surface area contributed by atoms with Crippen molar-refractivity contribution >= 4 is 5.95 Å². The number of nitrogens with one attached hydrogen (secondary N) is 1. The fraction of sp³-hybridized carbons (Fsp3) is 0.0833. The van der Waals surface area contributed by atoms with Gasteiger partial charge in [-0.15, -0.1) is 0 Å². The fourth-order valence-corrected chi connectivity index (χ4v) is 1.57. The van der Waals surface area contributed by atoms with Crippen molar-refractivity contribution in [1.82, 2.24) is 29.5 Å². The van der Waals surface area contributed by atoms with Crippen molar-refractivity contribution in [3.8, 4) is 17.7 Å². The van der Waals surface area contributed by atoms with Gasteiger partial charge in [-0.25, -0.2) is 10.8 Å². The zero-order valence-electron chi connectivity index (χ0n) is 11.1. The summed E-state index contributed by atoms with van der Waals surface area (Å²) in [6.45, 7) is 1.89. The molecule has 0 aromatic carbocycles. The number of ether oxygens (including phenoxy) is 1. The smallest absolute Gasteiger partial charge is 0.328 e. The number of hydrogen-bond donors (Lipinski definition) is 2. The summed E-state index contributed by atoms with van der Waals surface area (Å²) in [5.41, 5.74) is 3.26. The summed E-state index contributed by atoms with van der Waals surface area (Å²) in [6, 6.07) is 3.71. The van der Waals surface area contributed by atoms with E-state index in [9.17, 15) is 0 Å². The lowest BCUT2D eigenvalue weighted by Crippen LogP contribution is -2.13. The van der Waals surface area contributed by atoms with Gasteiger partial charge in [0.2, 0.25) is 11.9 Å². The van der Waals surface area contributed by atoms with Crippen molar-refractivity contribution in [1.29, 1.82) is 0 Å². The number of nitrogen functional groups attached to an aromatic ring is 1. The molecule has 9 heteroatoms. The molecule has 3 N–H and O–H groups in total. The summed E-state index contributed by atoms with van der Waals surface area (Å²) >= 11 is 0. The molecular formula is C12H12N8O. The third-order valence-corrected chi connectivity index (χ3v) is 2.56. The molecule has 0 unspecified atom stereocenters. The van der Waals surface area contributed by atoms with E-state index in [1.54, 1.807) is 35.6 Å². The number of nitrogens with zero attached hydrogens (tertiary/aromatic N) is 6. The van der Waals surface area contributed by atoms with Gasteiger partial charge in [0.15, 0.2) is 0 Å². The predicted molar refractivity (Wildman–Crippen MR) is 73.8 cm³/mol. The number of pyridine rings is 1. The lowest BCUT2D eigenvalue weighted by atomic mass is 10.4. The van der Waals surface area contributed by atoms with E-state index in [4.69, 9.17) is 10.6 Å². The molecule has 0 atom stereocenters. The number of aryl methyl sites for hydroxylation is 1. The van der Waals surface area contributed by atoms with E-state index in [0.29, 0.717) is 11.7 Å². The first-order valence-electron chi connectivity index (χ1n) is 6.06. The first kappa shape index (κ1) is 12.9. The first-order chi connectivity index (χ1) is 10.2. The molecule has 0 saturated carbocycles. The summed E-state index contributed by atoms with van der Waals surface area (Å²) in [7, 11) is 0. The molecule has 0 amide bonds. The highest BCUT2D eigenvalue weighted by Crippen LogP contribution is 2.18. The molecule has 3 rings (SSSR count). The van der Waals surface area contributed by atoms with Crippen LogP contribution in [0.5, 0.6) is 11.8 Å². The molecule has 0 aliphatic heterocycles. The van der Waals surface area contributed by atoms with E-state index in [1.165, 1.54) is 0 Å². The van der Waals surface area contributed by atoms with Crippen molar-refractivity contribution in [2.24, 2.45) is 5.84 Å². The Kier molecular flexibility index (Phi) is 3.39. The molecule has 0 aliphatic carbocycles. The number of hydrogen-bond acceptors (Lipinski definition) is 8. The lowest BCUT2D eigenvalue weighted by Gasteiger charge is -2.07. The van der Waals surface area contributed by atoms with Gasteiger partial charge < -0.3 is 4.74 Å². The molecule has 9 nitrogen and oxygen atoms in total. The summed E-state index contributed by atoms with van der Waals surface area (Å²) in [5, 5.41) is 0. The van der Waals surface area contributed by atoms with Crippen LogP contribution in [0.3, 0.4) is 0 Å². The molecule has 21 heavy (non-hydrogen) atoms. The van der Waals surface area contributed by atoms with Crippen molar-refractivity contribution in [2.45, 2.75) is 6.92 Å². The van der Waals surface area contributed by atoms with Gasteiger partial charge in [0.1, 0.15) is 12.1 Å². The number of hydrazine groups is 1. The monoisotopic (exact) mass is 284 g/mol. The van der Waals surface area contributed by atoms with Crippen LogP contribution in [0.2, 0.25) is 0 Å². The minimum absolute atomic E-state index is 0.104. The second-order valence-electron chi connectivity index (χ2n) is 4.09. The molecule has 0 radical (unpaired) electrons. The number of imidazole rings is 1. The molecule has 0 bridgehead atoms. The highest BCUT2D eigenvalue weighted by Gasteiger charge is 2.09. The molecule has 0 saturated heterocycles. The van der Waals surface area contributed by atoms with Gasteiger partial charge >= 0.3 is 6.01 Å². The van der Waals surface area contributed by atoms with Crippen molar-refractivity contribution < 1.29 is 4.74 Å². The summed E-state index contributed by atoms with van der Waals surface area (Å²) < 4.78 is 7.17. The minimum atomic E-state index is 0.104. The second-order valence-corrected chi connectivity index (χ2v) is 4.09. The van der Waals surface area contributed by atoms with Crippen LogP contribution in [0.15, 0.2) is 37.1 Å². The maximum absolute atomic E-state index is 5.56. The Morgan fingerprint density at radius 2 is 2.14 bits per heavy atom. The van der Waals surface area contributed by atoms with Crippen molar-refractivity contribution in [3.63, 3.8) is 0 Å². The molecule has 0 aliphatic rings. The quantitative estimate of drug-likeness (QED) is 0.534. The standard InChI is InChI=1S/C12H12N8O/c1-8-2-3-9(6-15-8)21-12-17-10(19-13)16-11(18-12)20-5-4-14-7-20/h2-7H,13H2,1H3,(H,16,17,18,19). The molecule has 106 valence electrons. The Hall–Kier alpha value is -3.07. The van der Waals surface area contributed by atoms with Crippen LogP contribution in [0.1, 0.15) is 5.69 Å². The Labute approximate surface area is 119 Å². The molecule has 3 aromatic heterocycles. The predicted octanol–water partition coefficient (Wildman–Crippen LogP) is 0.839. The van der Waals surface area contributed by atoms with E-state index in [2.05, 4.69) is 30.3 Å². The van der Waals surface area contributed by atoms with Crippen LogP contribution in [-0.4, -0.2) is 29.5 Å². The molecule has 3 heterocycles. The van der Waals surface area contributed by atoms with Crippen LogP contribution in [0, 0.1) is 6.92 Å². The molecule has 3 aromatic rings. The van der Waals surface area contributed by atoms with E-state index in [0.717, 1.165) is 5.69 Å². The maximum atomic E-state index is 5.56. The van der Waals surface area contributed by atoms with Gasteiger partial charge in [-0.3, -0.25) is 15.0 Å². The SMILES string of the molecule is Cc1ccc(Oc2nc(NN)nc(-n3ccnc3)n2)cn1. The first-order valence-corrected chi connectivity index (χ1v) is 6.06. The van der Waals surface area contributed by atoms with E-state index >= 15 is 0 Å². The van der Waals surface area contributed by atoms with Crippen LogP contribution in [0.4, 0.5) is 5.95 Å². The topological polar surface area (TPSA) is 117 Å². The van der Waals surface area contributed by atoms with Crippen molar-refractivity contribution in [3.05, 3.63) is 42.7 Å². The number of anilines is 1. The van der Waals surface area contributed by atoms with Gasteiger partial charge in [-0.05, 0) is 19.1 Å². The largest absolute Gasteiger partial charge is 0.422 e. The number of nitrogens with two attached hydrogens (primary N) is 1. The summed E-state index contributed by atoms with van der Waals surface area (Å²) in [4.78, 5) is 20.4. The minimum Gasteiger partial charge on any atom is -0.422 e. The Morgan fingerprint density at radius 1 is 1.24 bits per heavy atom. The fourth-order valence-electron chi connectivity index (χ4n) is 1.57. The Morgan fingerprint density at radius 3 is 2.81 bits per heavy atom. The molecule has 0 fully saturated rings. The van der Waals surface area contributed by atoms with Crippen LogP contribution in [-0.2, 0) is 0 Å². The third kappa shape index (κ3) is 2.92. The summed E-state index contributed by atoms with van der Waals surface area (Å²) in [5.74, 6) is 6.40. The Balaban J connectivity index is 1.94. The molecule has 0 spiro atoms. The van der Waals surface area contributed by atoms with E-state index < -0.39 is 0 Å². The van der Waals surface area contributed by atoms with E-state index in [1.807, 2.05) is 13.0 Å². The Bertz CT molecular complexity index is 726. The van der Waals surface area contributed by atoms with Crippen LogP contribution in [0.25, 0.3) is 5.95 Å². The van der Waals surface area contributed by atoms with Gasteiger partial charge in [0.05, 0.1) is 6.20 Å². The number of aromatic nitrogens is 6. The second kappa shape index (κ2) is 5.51. The lowest BCUT2D eigenvalue weighted by molar-refractivity contribution is 0.437. The van der Waals surface area contributed by atoms with Crippen LogP contribution < -0.4 is 16.0 Å². The van der Waals surface area contributed by atoms with Gasteiger partial charge in [0.25, 0.3) is 0 Å². The average Bonchev–Trinajstić information content (AvgIpc) is 3.04. The zero-order chi connectivity index (χ0) is 14.7. The zero-order valence-corrected chi connectivity index (χ0v) is 11.1. The molecular weight excluding hydrogens is 272 g/mol. The van der Waals surface area contributed by atoms with Gasteiger partial charge in [-0.2, -0.15) is 15.0 Å². The highest BCUT2D eigenvalue weighted by atomic mass is 16.5. The maximum Gasteiger partial charge on any atom is 0.328 e. The van der Waals surface area contributed by atoms with Gasteiger partial charge in [-0.1, -0.05) is 0 Å². The highest BCUT2D eigenvalue weighted by molar-refractivity contribution is 5.31. The average molecular weight is 284 g/mol. The van der Waals surface area contributed by atoms with Gasteiger partial charge in [0, 0.05) is 18.1 Å². The normalized spacial score (nSPS) is 10.4. The number of rotatable bonds is 4. The van der Waals surface area contributed by atoms with Crippen LogP contribution >= 0.6 is 0 Å². The van der Waals surface area contributed by atoms with Crippen molar-refractivity contribution in [2.75, 3.05) is 5.43 Å². The summed E-state index contributed by atoms with van der Waals surface area (Å²) in [6.07, 6.45) is 6.47. The third-order valence-electron chi connectivity index (χ3n) is 2.56. The van der Waals surface area contributed by atoms with E-state index in [-0.39, 0.29) is 12.0 Å².